The van der Waals surface area contributed by atoms with Crippen LogP contribution in [0.25, 0.3) is 0 Å². The van der Waals surface area contributed by atoms with Gasteiger partial charge in [0.25, 0.3) is 0 Å². The topological polar surface area (TPSA) is 48.6 Å². The second kappa shape index (κ2) is 8.88. The zero-order valence-corrected chi connectivity index (χ0v) is 4.42. The molecule has 0 saturated carbocycles. The highest BCUT2D eigenvalue weighted by molar-refractivity contribution is 8.11. The summed E-state index contributed by atoms with van der Waals surface area (Å²) in [4.78, 5) is 9.37. The van der Waals surface area contributed by atoms with Crippen molar-refractivity contribution < 1.29 is 10.3 Å². The molecule has 0 amide bonds. The second-order valence-corrected chi connectivity index (χ2v) is 1.65. The van der Waals surface area contributed by atoms with E-state index in [1.54, 1.807) is 0 Å². The first kappa shape index (κ1) is 9.36. The molecule has 0 bridgehead atoms. The molecule has 0 aliphatic heterocycles. The molecular weight excluding hydrogens is 100 g/mol. The molecule has 0 aromatic carbocycles. The first-order valence-electron chi connectivity index (χ1n) is 1.47. The summed E-state index contributed by atoms with van der Waals surface area (Å²) in [5, 5.41) is 0. The summed E-state index contributed by atoms with van der Waals surface area (Å²) >= 11 is 1.28. The third-order valence-corrected chi connectivity index (χ3v) is 0.704. The molecule has 0 heterocycles. The highest BCUT2D eigenvalue weighted by Crippen LogP contribution is 1.86. The van der Waals surface area contributed by atoms with Crippen LogP contribution in [0.15, 0.2) is 0 Å². The van der Waals surface area contributed by atoms with Crippen LogP contribution in [0.4, 0.5) is 0 Å². The van der Waals surface area contributed by atoms with Gasteiger partial charge in [0.1, 0.15) is 0 Å². The Morgan fingerprint density at radius 1 is 1.83 bits per heavy atom. The molecular formula is C3H8O2S. The summed E-state index contributed by atoms with van der Waals surface area (Å²) < 4.78 is 0. The number of thioether (sulfide) groups is 1. The van der Waals surface area contributed by atoms with Crippen molar-refractivity contribution in [2.75, 3.05) is 5.75 Å². The lowest BCUT2D eigenvalue weighted by atomic mass is 11.0. The third-order valence-electron chi connectivity index (χ3n) is 0.235. The van der Waals surface area contributed by atoms with Crippen LogP contribution < -0.4 is 0 Å². The van der Waals surface area contributed by atoms with E-state index < -0.39 is 0 Å². The zero-order chi connectivity index (χ0) is 4.12. The standard InChI is InChI=1S/C3H6OS.H2O/c1-2-5-3-4;/h3H,2H2,1H3;1H2. The number of rotatable bonds is 2. The molecule has 0 aliphatic rings. The summed E-state index contributed by atoms with van der Waals surface area (Å²) in [7, 11) is 0. The minimum absolute atomic E-state index is 0. The Labute approximate surface area is 41.2 Å². The van der Waals surface area contributed by atoms with Gasteiger partial charge < -0.3 is 5.48 Å². The Bertz CT molecular complexity index is 30.0. The lowest BCUT2D eigenvalue weighted by Gasteiger charge is -1.69. The van der Waals surface area contributed by atoms with Gasteiger partial charge >= 0.3 is 0 Å². The Morgan fingerprint density at radius 3 is 2.33 bits per heavy atom. The van der Waals surface area contributed by atoms with Gasteiger partial charge in [-0.3, -0.25) is 4.79 Å². The van der Waals surface area contributed by atoms with Crippen molar-refractivity contribution in [1.29, 1.82) is 0 Å². The van der Waals surface area contributed by atoms with Crippen LogP contribution in [0, 0.1) is 0 Å². The van der Waals surface area contributed by atoms with Crippen LogP contribution in [0.5, 0.6) is 0 Å². The predicted octanol–water partition coefficient (Wildman–Crippen LogP) is 0.105. The Balaban J connectivity index is 0. The molecule has 0 spiro atoms. The van der Waals surface area contributed by atoms with Crippen molar-refractivity contribution in [2.24, 2.45) is 0 Å². The van der Waals surface area contributed by atoms with E-state index in [1.165, 1.54) is 11.8 Å². The second-order valence-electron chi connectivity index (χ2n) is 0.552. The van der Waals surface area contributed by atoms with Crippen molar-refractivity contribution in [3.8, 4) is 0 Å². The fourth-order valence-corrected chi connectivity index (χ4v) is 0.204. The maximum absolute atomic E-state index is 9.37. The number of carbonyl (C=O) groups is 1. The molecule has 3 heteroatoms. The van der Waals surface area contributed by atoms with Gasteiger partial charge in [-0.15, -0.1) is 0 Å². The smallest absolute Gasteiger partial charge is 0.176 e. The fraction of sp³-hybridized carbons (Fsp3) is 0.667. The van der Waals surface area contributed by atoms with Gasteiger partial charge in [-0.1, -0.05) is 18.7 Å². The van der Waals surface area contributed by atoms with Crippen molar-refractivity contribution in [3.63, 3.8) is 0 Å². The predicted molar refractivity (Wildman–Crippen MR) is 28.5 cm³/mol. The van der Waals surface area contributed by atoms with Gasteiger partial charge in [-0.2, -0.15) is 0 Å². The molecule has 2 N–H and O–H groups in total. The van der Waals surface area contributed by atoms with Crippen LogP contribution in [0.3, 0.4) is 0 Å². The lowest BCUT2D eigenvalue weighted by molar-refractivity contribution is 0.570. The van der Waals surface area contributed by atoms with Gasteiger partial charge in [-0.05, 0) is 5.75 Å². The minimum Gasteiger partial charge on any atom is -0.412 e. The maximum atomic E-state index is 9.37. The van der Waals surface area contributed by atoms with E-state index in [0.29, 0.717) is 0 Å². The summed E-state index contributed by atoms with van der Waals surface area (Å²) in [6, 6.07) is 0. The van der Waals surface area contributed by atoms with E-state index in [-0.39, 0.29) is 5.48 Å². The average Bonchev–Trinajstić information content (AvgIpc) is 1.41. The normalized spacial score (nSPS) is 6.17. The molecule has 0 aromatic rings. The van der Waals surface area contributed by atoms with E-state index in [2.05, 4.69) is 0 Å². The molecule has 0 fully saturated rings. The minimum atomic E-state index is 0. The molecule has 0 aromatic heterocycles. The van der Waals surface area contributed by atoms with Crippen LogP contribution in [0.1, 0.15) is 6.92 Å². The SMILES string of the molecule is CCSC=O.O. The number of hydrogen-bond donors (Lipinski definition) is 0. The van der Waals surface area contributed by atoms with Crippen molar-refractivity contribution >= 4 is 17.4 Å². The fourth-order valence-electron chi connectivity index (χ4n) is 0.0680. The first-order chi connectivity index (χ1) is 2.41. The van der Waals surface area contributed by atoms with E-state index in [9.17, 15) is 4.79 Å². The molecule has 38 valence electrons. The molecule has 0 rings (SSSR count). The van der Waals surface area contributed by atoms with Gasteiger partial charge in [0, 0.05) is 0 Å². The molecule has 0 unspecified atom stereocenters. The molecule has 0 aliphatic carbocycles. The summed E-state index contributed by atoms with van der Waals surface area (Å²) in [5.74, 6) is 0.892. The van der Waals surface area contributed by atoms with Crippen molar-refractivity contribution in [3.05, 3.63) is 0 Å². The van der Waals surface area contributed by atoms with Gasteiger partial charge in [0.2, 0.25) is 0 Å². The van der Waals surface area contributed by atoms with Gasteiger partial charge in [-0.25, -0.2) is 0 Å². The molecule has 2 nitrogen and oxygen atoms in total. The highest BCUT2D eigenvalue weighted by atomic mass is 32.2. The highest BCUT2D eigenvalue weighted by Gasteiger charge is 1.66. The Kier molecular flexibility index (Phi) is 13.9. The van der Waals surface area contributed by atoms with Crippen molar-refractivity contribution in [1.82, 2.24) is 0 Å². The van der Waals surface area contributed by atoms with Crippen LogP contribution >= 0.6 is 11.8 Å². The quantitative estimate of drug-likeness (QED) is 0.471. The number of carbonyl (C=O) groups excluding carboxylic acids is 1. The third kappa shape index (κ3) is 9.02. The molecule has 0 radical (unpaired) electrons. The van der Waals surface area contributed by atoms with Gasteiger partial charge in [0.05, 0.1) is 0 Å². The first-order valence-corrected chi connectivity index (χ1v) is 2.52. The van der Waals surface area contributed by atoms with Crippen molar-refractivity contribution in [2.45, 2.75) is 6.92 Å². The van der Waals surface area contributed by atoms with Crippen LogP contribution in [0.2, 0.25) is 0 Å². The van der Waals surface area contributed by atoms with Gasteiger partial charge in [0.15, 0.2) is 5.62 Å². The van der Waals surface area contributed by atoms with E-state index in [0.717, 1.165) is 11.4 Å². The van der Waals surface area contributed by atoms with E-state index >= 15 is 0 Å². The van der Waals surface area contributed by atoms with E-state index in [1.807, 2.05) is 6.92 Å². The number of hydrogen-bond acceptors (Lipinski definition) is 2. The Hall–Kier alpha value is -0.0200. The summed E-state index contributed by atoms with van der Waals surface area (Å²) in [5.41, 5.74) is 0.847. The maximum Gasteiger partial charge on any atom is 0.176 e. The van der Waals surface area contributed by atoms with Crippen LogP contribution in [-0.4, -0.2) is 16.8 Å². The molecule has 0 saturated heterocycles. The van der Waals surface area contributed by atoms with E-state index in [4.69, 9.17) is 0 Å². The molecule has 0 atom stereocenters. The largest absolute Gasteiger partial charge is 0.412 e. The summed E-state index contributed by atoms with van der Waals surface area (Å²) in [6.45, 7) is 1.94. The molecule has 6 heavy (non-hydrogen) atoms. The summed E-state index contributed by atoms with van der Waals surface area (Å²) in [6.07, 6.45) is 0. The Morgan fingerprint density at radius 2 is 2.33 bits per heavy atom. The zero-order valence-electron chi connectivity index (χ0n) is 3.60. The lowest BCUT2D eigenvalue weighted by Crippen LogP contribution is -1.60. The average molecular weight is 108 g/mol. The monoisotopic (exact) mass is 108 g/mol. The van der Waals surface area contributed by atoms with Crippen LogP contribution in [-0.2, 0) is 4.79 Å².